The molecule has 1 aliphatic heterocycles. The van der Waals surface area contributed by atoms with Gasteiger partial charge in [-0.05, 0) is 35.7 Å². The van der Waals surface area contributed by atoms with E-state index >= 15 is 0 Å². The Hall–Kier alpha value is -3.45. The number of aromatic nitrogens is 2. The Bertz CT molecular complexity index is 1230. The molecule has 6 nitrogen and oxygen atoms in total. The lowest BCUT2D eigenvalue weighted by Crippen LogP contribution is -2.46. The molecule has 1 amide bonds. The molecule has 1 aliphatic rings. The van der Waals surface area contributed by atoms with Crippen LogP contribution in [0.15, 0.2) is 71.6 Å². The summed E-state index contributed by atoms with van der Waals surface area (Å²) in [6.45, 7) is 1.91. The first kappa shape index (κ1) is 21.4. The molecule has 0 saturated carbocycles. The quantitative estimate of drug-likeness (QED) is 0.390. The van der Waals surface area contributed by atoms with Gasteiger partial charge in [0.1, 0.15) is 12.4 Å². The van der Waals surface area contributed by atoms with Crippen LogP contribution in [0, 0.1) is 0 Å². The van der Waals surface area contributed by atoms with Gasteiger partial charge >= 0.3 is 6.09 Å². The smallest absolute Gasteiger partial charge is 0.410 e. The molecule has 5 rings (SSSR count). The highest BCUT2D eigenvalue weighted by Gasteiger charge is 2.27. The third kappa shape index (κ3) is 4.68. The van der Waals surface area contributed by atoms with Crippen LogP contribution in [0.2, 0.25) is 0 Å². The Balaban J connectivity index is 1.24. The second kappa shape index (κ2) is 9.58. The van der Waals surface area contributed by atoms with Crippen LogP contribution >= 0.6 is 11.3 Å². The number of carbonyl (C=O) groups excluding carboxylic acids is 1. The topological polar surface area (TPSA) is 58.6 Å². The van der Waals surface area contributed by atoms with Crippen molar-refractivity contribution in [3.63, 3.8) is 0 Å². The van der Waals surface area contributed by atoms with E-state index in [4.69, 9.17) is 9.72 Å². The molecule has 0 atom stereocenters. The second-order valence-electron chi connectivity index (χ2n) is 8.27. The normalized spacial score (nSPS) is 14.4. The van der Waals surface area contributed by atoms with Crippen LogP contribution < -0.4 is 4.90 Å². The van der Waals surface area contributed by atoms with Crippen LogP contribution in [0.25, 0.3) is 22.0 Å². The minimum absolute atomic E-state index is 0.158. The molecule has 2 aromatic carbocycles. The molecule has 1 saturated heterocycles. The van der Waals surface area contributed by atoms with Crippen molar-refractivity contribution in [1.82, 2.24) is 14.9 Å². The van der Waals surface area contributed by atoms with E-state index in [2.05, 4.69) is 70.5 Å². The average Bonchev–Trinajstić information content (AvgIpc) is 3.40. The molecule has 0 N–H and O–H groups in total. The summed E-state index contributed by atoms with van der Waals surface area (Å²) in [7, 11) is 1.82. The van der Waals surface area contributed by atoms with Crippen LogP contribution in [0.3, 0.4) is 0 Å². The predicted molar refractivity (Wildman–Crippen MR) is 132 cm³/mol. The fourth-order valence-electron chi connectivity index (χ4n) is 4.38. The maximum absolute atomic E-state index is 12.5. The lowest BCUT2D eigenvalue weighted by molar-refractivity contribution is 0.0854. The number of hydrogen-bond acceptors (Lipinski definition) is 6. The predicted octanol–water partition coefficient (Wildman–Crippen LogP) is 5.60. The zero-order valence-electron chi connectivity index (χ0n) is 18.6. The molecule has 0 spiro atoms. The first-order valence-corrected chi connectivity index (χ1v) is 12.1. The van der Waals surface area contributed by atoms with Gasteiger partial charge in [-0.3, -0.25) is 0 Å². The number of thiazole rings is 1. The fourth-order valence-corrected chi connectivity index (χ4v) is 4.92. The summed E-state index contributed by atoms with van der Waals surface area (Å²) in [5.41, 5.74) is 4.65. The highest BCUT2D eigenvalue weighted by atomic mass is 32.1. The summed E-state index contributed by atoms with van der Waals surface area (Å²) in [6.07, 6.45) is 1.46. The monoisotopic (exact) mass is 458 g/mol. The van der Waals surface area contributed by atoms with Gasteiger partial charge in [-0.25, -0.2) is 14.8 Å². The van der Waals surface area contributed by atoms with E-state index in [0.29, 0.717) is 0 Å². The number of nitrogens with zero attached hydrogens (tertiary/aromatic N) is 4. The third-order valence-electron chi connectivity index (χ3n) is 6.25. The molecular formula is C26H26N4O2S. The fraction of sp³-hybridized carbons (Fsp3) is 0.269. The lowest BCUT2D eigenvalue weighted by Gasteiger charge is -2.36. The van der Waals surface area contributed by atoms with Gasteiger partial charge in [-0.2, -0.15) is 0 Å². The molecule has 0 radical (unpaired) electrons. The first-order valence-electron chi connectivity index (χ1n) is 11.2. The Morgan fingerprint density at radius 2 is 1.88 bits per heavy atom. The number of piperidine rings is 1. The number of hydrogen-bond donors (Lipinski definition) is 0. The number of fused-ring (bicyclic) bond motifs is 1. The summed E-state index contributed by atoms with van der Waals surface area (Å²) >= 11 is 1.50. The molecule has 2 aromatic heterocycles. The molecular weight excluding hydrogens is 432 g/mol. The molecule has 33 heavy (non-hydrogen) atoms. The third-order valence-corrected chi connectivity index (χ3v) is 6.89. The lowest BCUT2D eigenvalue weighted by atomic mass is 10.0. The Labute approximate surface area is 197 Å². The molecule has 4 aromatic rings. The van der Waals surface area contributed by atoms with Gasteiger partial charge in [-0.1, -0.05) is 48.5 Å². The number of benzene rings is 2. The van der Waals surface area contributed by atoms with Crippen LogP contribution in [0.5, 0.6) is 0 Å². The van der Waals surface area contributed by atoms with Gasteiger partial charge in [0.05, 0.1) is 16.9 Å². The second-order valence-corrected chi connectivity index (χ2v) is 8.99. The number of carbonyl (C=O) groups is 1. The SMILES string of the molecule is CN(C(=O)OCc1cscn1)C1CCN(c2cccc(-c3cccc4ccccc34)n2)CC1. The van der Waals surface area contributed by atoms with Crippen molar-refractivity contribution in [2.75, 3.05) is 25.0 Å². The van der Waals surface area contributed by atoms with Crippen LogP contribution in [-0.4, -0.2) is 47.1 Å². The molecule has 1 fully saturated rings. The molecule has 3 heterocycles. The zero-order valence-corrected chi connectivity index (χ0v) is 19.4. The highest BCUT2D eigenvalue weighted by Crippen LogP contribution is 2.29. The molecule has 0 bridgehead atoms. The number of amides is 1. The van der Waals surface area contributed by atoms with Gasteiger partial charge in [0.15, 0.2) is 0 Å². The molecule has 0 aliphatic carbocycles. The minimum atomic E-state index is -0.294. The summed E-state index contributed by atoms with van der Waals surface area (Å²) < 4.78 is 5.42. The maximum Gasteiger partial charge on any atom is 0.410 e. The van der Waals surface area contributed by atoms with Crippen LogP contribution in [-0.2, 0) is 11.3 Å². The largest absolute Gasteiger partial charge is 0.443 e. The van der Waals surface area contributed by atoms with Gasteiger partial charge in [0.25, 0.3) is 0 Å². The van der Waals surface area contributed by atoms with Crippen molar-refractivity contribution in [1.29, 1.82) is 0 Å². The molecule has 7 heteroatoms. The van der Waals surface area contributed by atoms with Gasteiger partial charge in [-0.15, -0.1) is 11.3 Å². The summed E-state index contributed by atoms with van der Waals surface area (Å²) in [5, 5.41) is 4.32. The van der Waals surface area contributed by atoms with E-state index < -0.39 is 0 Å². The van der Waals surface area contributed by atoms with Crippen molar-refractivity contribution in [2.24, 2.45) is 0 Å². The van der Waals surface area contributed by atoms with Crippen LogP contribution in [0.4, 0.5) is 10.6 Å². The number of anilines is 1. The van der Waals surface area contributed by atoms with Crippen molar-refractivity contribution >= 4 is 34.0 Å². The maximum atomic E-state index is 12.5. The minimum Gasteiger partial charge on any atom is -0.443 e. The Morgan fingerprint density at radius 1 is 1.09 bits per heavy atom. The molecule has 168 valence electrons. The van der Waals surface area contributed by atoms with Crippen molar-refractivity contribution < 1.29 is 9.53 Å². The zero-order chi connectivity index (χ0) is 22.6. The first-order chi connectivity index (χ1) is 16.2. The van der Waals surface area contributed by atoms with Gasteiger partial charge in [0.2, 0.25) is 0 Å². The van der Waals surface area contributed by atoms with Crippen LogP contribution in [0.1, 0.15) is 18.5 Å². The summed E-state index contributed by atoms with van der Waals surface area (Å²) in [5.74, 6) is 0.979. The Morgan fingerprint density at radius 3 is 2.70 bits per heavy atom. The molecule has 0 unspecified atom stereocenters. The van der Waals surface area contributed by atoms with E-state index in [1.165, 1.54) is 22.1 Å². The number of rotatable bonds is 5. The summed E-state index contributed by atoms with van der Waals surface area (Å²) in [6, 6.07) is 21.1. The van der Waals surface area contributed by atoms with Crippen molar-refractivity contribution in [3.8, 4) is 11.3 Å². The number of pyridine rings is 1. The van der Waals surface area contributed by atoms with E-state index in [1.807, 2.05) is 12.4 Å². The van der Waals surface area contributed by atoms with Crippen molar-refractivity contribution in [3.05, 3.63) is 77.2 Å². The number of ether oxygens (including phenoxy) is 1. The van der Waals surface area contributed by atoms with Gasteiger partial charge in [0, 0.05) is 37.1 Å². The van der Waals surface area contributed by atoms with Gasteiger partial charge < -0.3 is 14.5 Å². The van der Waals surface area contributed by atoms with E-state index in [9.17, 15) is 4.79 Å². The average molecular weight is 459 g/mol. The van der Waals surface area contributed by atoms with E-state index in [-0.39, 0.29) is 18.7 Å². The Kier molecular flexibility index (Phi) is 6.21. The van der Waals surface area contributed by atoms with E-state index in [1.54, 1.807) is 10.4 Å². The summed E-state index contributed by atoms with van der Waals surface area (Å²) in [4.78, 5) is 25.6. The highest BCUT2D eigenvalue weighted by molar-refractivity contribution is 7.07. The van der Waals surface area contributed by atoms with Crippen molar-refractivity contribution in [2.45, 2.75) is 25.5 Å². The standard InChI is InChI=1S/C26H26N4O2S/c1-29(26(31)32-16-20-17-33-18-27-20)21-12-14-30(15-13-21)25-11-5-10-24(28-25)23-9-4-7-19-6-2-3-8-22(19)23/h2-11,17-18,21H,12-16H2,1H3. The van der Waals surface area contributed by atoms with E-state index in [0.717, 1.165) is 48.7 Å².